The molecule has 2 heterocycles. The van der Waals surface area contributed by atoms with Gasteiger partial charge in [-0.2, -0.15) is 0 Å². The quantitative estimate of drug-likeness (QED) is 0.944. The lowest BCUT2D eigenvalue weighted by atomic mass is 10.4. The van der Waals surface area contributed by atoms with E-state index in [2.05, 4.69) is 9.71 Å². The van der Waals surface area contributed by atoms with E-state index < -0.39 is 10.0 Å². The van der Waals surface area contributed by atoms with Crippen LogP contribution in [0.4, 0.5) is 0 Å². The van der Waals surface area contributed by atoms with Gasteiger partial charge in [0.15, 0.2) is 8.68 Å². The van der Waals surface area contributed by atoms with E-state index in [0.29, 0.717) is 0 Å². The molecule has 0 saturated carbocycles. The van der Waals surface area contributed by atoms with E-state index in [1.807, 2.05) is 19.1 Å². The maximum absolute atomic E-state index is 11.8. The van der Waals surface area contributed by atoms with Crippen molar-refractivity contribution >= 4 is 44.3 Å². The van der Waals surface area contributed by atoms with Crippen LogP contribution in [0.5, 0.6) is 0 Å². The Labute approximate surface area is 112 Å². The van der Waals surface area contributed by atoms with Gasteiger partial charge in [-0.3, -0.25) is 0 Å². The van der Waals surface area contributed by atoms with Gasteiger partial charge in [0.2, 0.25) is 0 Å². The second-order valence-corrected chi connectivity index (χ2v) is 8.25. The maximum Gasteiger partial charge on any atom is 0.252 e. The SMILES string of the molecule is Cc1ccc(CNS(=O)(=O)c2cnc(Cl)s2)s1. The molecule has 4 nitrogen and oxygen atoms in total. The van der Waals surface area contributed by atoms with Crippen molar-refractivity contribution in [3.8, 4) is 0 Å². The highest BCUT2D eigenvalue weighted by Crippen LogP contribution is 2.23. The standard InChI is InChI=1S/C9H9ClN2O2S3/c1-6-2-3-7(15-6)4-12-17(13,14)8-5-11-9(10)16-8/h2-3,5,12H,4H2,1H3. The monoisotopic (exact) mass is 308 g/mol. The Morgan fingerprint density at radius 1 is 1.41 bits per heavy atom. The lowest BCUT2D eigenvalue weighted by molar-refractivity contribution is 0.584. The second-order valence-electron chi connectivity index (χ2n) is 3.27. The molecule has 0 aliphatic heterocycles. The maximum atomic E-state index is 11.8. The molecule has 0 radical (unpaired) electrons. The lowest BCUT2D eigenvalue weighted by Gasteiger charge is -2.01. The molecule has 0 atom stereocenters. The summed E-state index contributed by atoms with van der Waals surface area (Å²) >= 11 is 8.11. The van der Waals surface area contributed by atoms with Crippen LogP contribution >= 0.6 is 34.3 Å². The Morgan fingerprint density at radius 2 is 2.18 bits per heavy atom. The summed E-state index contributed by atoms with van der Waals surface area (Å²) in [5.74, 6) is 0. The zero-order chi connectivity index (χ0) is 12.5. The first-order chi connectivity index (χ1) is 7.97. The van der Waals surface area contributed by atoms with Gasteiger partial charge < -0.3 is 0 Å². The van der Waals surface area contributed by atoms with E-state index in [1.54, 1.807) is 11.3 Å². The van der Waals surface area contributed by atoms with Crippen LogP contribution in [-0.2, 0) is 16.6 Å². The fraction of sp³-hybridized carbons (Fsp3) is 0.222. The number of thiophene rings is 1. The van der Waals surface area contributed by atoms with E-state index in [0.717, 1.165) is 21.1 Å². The van der Waals surface area contributed by atoms with E-state index in [9.17, 15) is 8.42 Å². The van der Waals surface area contributed by atoms with E-state index in [-0.39, 0.29) is 15.2 Å². The number of sulfonamides is 1. The predicted molar refractivity (Wildman–Crippen MR) is 70.2 cm³/mol. The van der Waals surface area contributed by atoms with Gasteiger partial charge in [-0.25, -0.2) is 18.1 Å². The molecule has 0 spiro atoms. The largest absolute Gasteiger partial charge is 0.252 e. The van der Waals surface area contributed by atoms with Crippen molar-refractivity contribution in [1.82, 2.24) is 9.71 Å². The van der Waals surface area contributed by atoms with Crippen LogP contribution in [0.15, 0.2) is 22.5 Å². The van der Waals surface area contributed by atoms with Crippen LogP contribution in [0.2, 0.25) is 4.47 Å². The summed E-state index contributed by atoms with van der Waals surface area (Å²) in [7, 11) is -3.50. The molecular formula is C9H9ClN2O2S3. The third-order valence-corrected chi connectivity index (χ3v) is 5.93. The van der Waals surface area contributed by atoms with E-state index >= 15 is 0 Å². The summed E-state index contributed by atoms with van der Waals surface area (Å²) in [6, 6.07) is 3.86. The fourth-order valence-corrected chi connectivity index (χ4v) is 4.45. The first-order valence-electron chi connectivity index (χ1n) is 4.64. The topological polar surface area (TPSA) is 59.1 Å². The average Bonchev–Trinajstić information content (AvgIpc) is 2.85. The molecule has 0 amide bonds. The third kappa shape index (κ3) is 3.26. The number of nitrogens with one attached hydrogen (secondary N) is 1. The molecule has 1 N–H and O–H groups in total. The molecular weight excluding hydrogens is 300 g/mol. The van der Waals surface area contributed by atoms with Crippen molar-refractivity contribution in [3.63, 3.8) is 0 Å². The minimum absolute atomic E-state index is 0.135. The van der Waals surface area contributed by atoms with E-state index in [4.69, 9.17) is 11.6 Å². The molecule has 0 aromatic carbocycles. The highest BCUT2D eigenvalue weighted by Gasteiger charge is 2.17. The highest BCUT2D eigenvalue weighted by atomic mass is 35.5. The molecule has 0 aliphatic rings. The van der Waals surface area contributed by atoms with Gasteiger partial charge in [0, 0.05) is 16.3 Å². The van der Waals surface area contributed by atoms with Crippen LogP contribution in [-0.4, -0.2) is 13.4 Å². The van der Waals surface area contributed by atoms with Crippen molar-refractivity contribution < 1.29 is 8.42 Å². The van der Waals surface area contributed by atoms with Gasteiger partial charge in [0.25, 0.3) is 10.0 Å². The number of aromatic nitrogens is 1. The Kier molecular flexibility index (Phi) is 3.84. The number of rotatable bonds is 4. The summed E-state index contributed by atoms with van der Waals surface area (Å²) in [6.07, 6.45) is 1.26. The van der Waals surface area contributed by atoms with Crippen molar-refractivity contribution in [3.05, 3.63) is 32.6 Å². The smallest absolute Gasteiger partial charge is 0.232 e. The van der Waals surface area contributed by atoms with Crippen molar-refractivity contribution in [2.45, 2.75) is 17.7 Å². The van der Waals surface area contributed by atoms with Crippen LogP contribution in [0.3, 0.4) is 0 Å². The second kappa shape index (κ2) is 5.03. The molecule has 0 fully saturated rings. The van der Waals surface area contributed by atoms with Gasteiger partial charge in [-0.15, -0.1) is 11.3 Å². The molecule has 2 rings (SSSR count). The summed E-state index contributed by atoms with van der Waals surface area (Å²) < 4.78 is 26.5. The Bertz CT molecular complexity index is 618. The molecule has 0 saturated heterocycles. The molecule has 17 heavy (non-hydrogen) atoms. The van der Waals surface area contributed by atoms with Gasteiger partial charge in [0.1, 0.15) is 0 Å². The van der Waals surface area contributed by atoms with Gasteiger partial charge in [-0.05, 0) is 19.1 Å². The zero-order valence-electron chi connectivity index (χ0n) is 8.81. The molecule has 92 valence electrons. The number of thiazole rings is 1. The first kappa shape index (κ1) is 13.0. The minimum atomic E-state index is -3.50. The van der Waals surface area contributed by atoms with Gasteiger partial charge in [0.05, 0.1) is 6.20 Å². The summed E-state index contributed by atoms with van der Waals surface area (Å²) in [4.78, 5) is 5.84. The number of halogens is 1. The Balaban J connectivity index is 2.08. The van der Waals surface area contributed by atoms with Crippen molar-refractivity contribution in [2.75, 3.05) is 0 Å². The summed E-state index contributed by atoms with van der Waals surface area (Å²) in [5, 5.41) is 0. The van der Waals surface area contributed by atoms with Crippen molar-refractivity contribution in [2.24, 2.45) is 0 Å². The molecule has 0 bridgehead atoms. The van der Waals surface area contributed by atoms with E-state index in [1.165, 1.54) is 6.20 Å². The number of hydrogen-bond donors (Lipinski definition) is 1. The van der Waals surface area contributed by atoms with Gasteiger partial charge in [-0.1, -0.05) is 22.9 Å². The zero-order valence-corrected chi connectivity index (χ0v) is 12.0. The molecule has 2 aromatic heterocycles. The molecule has 8 heteroatoms. The molecule has 2 aromatic rings. The molecule has 0 aliphatic carbocycles. The summed E-state index contributed by atoms with van der Waals surface area (Å²) in [6.45, 7) is 2.27. The lowest BCUT2D eigenvalue weighted by Crippen LogP contribution is -2.21. The van der Waals surface area contributed by atoms with Crippen LogP contribution in [0, 0.1) is 6.92 Å². The third-order valence-electron chi connectivity index (χ3n) is 1.95. The average molecular weight is 309 g/mol. The highest BCUT2D eigenvalue weighted by molar-refractivity contribution is 7.91. The number of nitrogens with zero attached hydrogens (tertiary/aromatic N) is 1. The minimum Gasteiger partial charge on any atom is -0.232 e. The number of hydrogen-bond acceptors (Lipinski definition) is 5. The predicted octanol–water partition coefficient (Wildman–Crippen LogP) is 2.64. The Hall–Kier alpha value is -0.470. The van der Waals surface area contributed by atoms with Crippen LogP contribution in [0.25, 0.3) is 0 Å². The first-order valence-corrected chi connectivity index (χ1v) is 8.13. The Morgan fingerprint density at radius 3 is 2.71 bits per heavy atom. The van der Waals surface area contributed by atoms with Crippen LogP contribution < -0.4 is 4.72 Å². The molecule has 0 unspecified atom stereocenters. The summed E-state index contributed by atoms with van der Waals surface area (Å²) in [5.41, 5.74) is 0. The normalized spacial score (nSPS) is 11.9. The van der Waals surface area contributed by atoms with Crippen LogP contribution in [0.1, 0.15) is 9.75 Å². The van der Waals surface area contributed by atoms with Crippen molar-refractivity contribution in [1.29, 1.82) is 0 Å². The number of aryl methyl sites for hydroxylation is 1. The van der Waals surface area contributed by atoms with Gasteiger partial charge >= 0.3 is 0 Å². The fourth-order valence-electron chi connectivity index (χ4n) is 1.18.